The van der Waals surface area contributed by atoms with Crippen molar-refractivity contribution in [1.82, 2.24) is 10.8 Å². The van der Waals surface area contributed by atoms with Crippen molar-refractivity contribution in [1.29, 1.82) is 0 Å². The van der Waals surface area contributed by atoms with Crippen LogP contribution in [0.4, 0.5) is 0 Å². The summed E-state index contributed by atoms with van der Waals surface area (Å²) in [5, 5.41) is 2.87. The zero-order valence-corrected chi connectivity index (χ0v) is 16.0. The second-order valence-electron chi connectivity index (χ2n) is 5.59. The first-order chi connectivity index (χ1) is 12.6. The van der Waals surface area contributed by atoms with Gasteiger partial charge < -0.3 is 14.8 Å². The lowest BCUT2D eigenvalue weighted by molar-refractivity contribution is 0.0498. The summed E-state index contributed by atoms with van der Waals surface area (Å²) in [6.07, 6.45) is 1.62. The Labute approximate surface area is 160 Å². The Morgan fingerprint density at radius 3 is 2.77 bits per heavy atom. The highest BCUT2D eigenvalue weighted by molar-refractivity contribution is 9.10. The van der Waals surface area contributed by atoms with E-state index in [1.54, 1.807) is 26.4 Å². The van der Waals surface area contributed by atoms with Gasteiger partial charge in [0.25, 0.3) is 5.91 Å². The highest BCUT2D eigenvalue weighted by Crippen LogP contribution is 2.31. The molecule has 0 aromatic heterocycles. The van der Waals surface area contributed by atoms with Crippen LogP contribution in [0.25, 0.3) is 5.70 Å². The molecule has 136 valence electrons. The van der Waals surface area contributed by atoms with Gasteiger partial charge in [0.05, 0.1) is 32.0 Å². The van der Waals surface area contributed by atoms with E-state index in [1.807, 2.05) is 36.4 Å². The fraction of sp³-hybridized carbons (Fsp3) is 0.211. The van der Waals surface area contributed by atoms with Crippen molar-refractivity contribution in [3.63, 3.8) is 0 Å². The molecule has 7 heteroatoms. The first-order valence-electron chi connectivity index (χ1n) is 8.01. The summed E-state index contributed by atoms with van der Waals surface area (Å²) in [6, 6.07) is 12.8. The first kappa shape index (κ1) is 18.3. The molecular weight excluding hydrogens is 400 g/mol. The third-order valence-electron chi connectivity index (χ3n) is 3.95. The highest BCUT2D eigenvalue weighted by Gasteiger charge is 2.21. The van der Waals surface area contributed by atoms with Gasteiger partial charge in [0.2, 0.25) is 0 Å². The molecule has 2 aromatic rings. The molecule has 1 amide bonds. The summed E-state index contributed by atoms with van der Waals surface area (Å²) in [5.41, 5.74) is 5.11. The predicted molar refractivity (Wildman–Crippen MR) is 102 cm³/mol. The molecule has 2 aromatic carbocycles. The van der Waals surface area contributed by atoms with Crippen LogP contribution in [-0.2, 0) is 4.84 Å². The van der Waals surface area contributed by atoms with Crippen LogP contribution >= 0.6 is 15.9 Å². The van der Waals surface area contributed by atoms with Crippen molar-refractivity contribution >= 4 is 27.5 Å². The van der Waals surface area contributed by atoms with Crippen molar-refractivity contribution in [2.24, 2.45) is 0 Å². The van der Waals surface area contributed by atoms with Crippen LogP contribution in [-0.4, -0.2) is 32.8 Å². The van der Waals surface area contributed by atoms with E-state index in [9.17, 15) is 4.79 Å². The Morgan fingerprint density at radius 1 is 1.23 bits per heavy atom. The van der Waals surface area contributed by atoms with Crippen molar-refractivity contribution < 1.29 is 19.1 Å². The largest absolute Gasteiger partial charge is 0.497 e. The molecule has 0 radical (unpaired) electrons. The summed E-state index contributed by atoms with van der Waals surface area (Å²) in [6.45, 7) is 0.342. The van der Waals surface area contributed by atoms with Gasteiger partial charge in [-0.15, -0.1) is 0 Å². The maximum Gasteiger partial charge on any atom is 0.252 e. The fourth-order valence-electron chi connectivity index (χ4n) is 2.59. The maximum atomic E-state index is 12.3. The smallest absolute Gasteiger partial charge is 0.252 e. The monoisotopic (exact) mass is 418 g/mol. The Hall–Kier alpha value is -2.51. The molecule has 0 unspecified atom stereocenters. The Balaban J connectivity index is 1.67. The fourth-order valence-corrected chi connectivity index (χ4v) is 3.06. The van der Waals surface area contributed by atoms with E-state index < -0.39 is 0 Å². The molecule has 1 aliphatic heterocycles. The highest BCUT2D eigenvalue weighted by atomic mass is 79.9. The zero-order valence-electron chi connectivity index (χ0n) is 14.4. The normalized spacial score (nSPS) is 15.8. The number of ether oxygens (including phenoxy) is 2. The van der Waals surface area contributed by atoms with Crippen LogP contribution in [0, 0.1) is 0 Å². The molecule has 1 heterocycles. The van der Waals surface area contributed by atoms with E-state index >= 15 is 0 Å². The third-order valence-corrected chi connectivity index (χ3v) is 4.65. The van der Waals surface area contributed by atoms with E-state index in [2.05, 4.69) is 26.7 Å². The molecule has 3 rings (SSSR count). The summed E-state index contributed by atoms with van der Waals surface area (Å²) >= 11 is 3.38. The average Bonchev–Trinajstić information content (AvgIpc) is 3.14. The minimum atomic E-state index is -0.289. The van der Waals surface area contributed by atoms with Crippen LogP contribution in [0.15, 0.2) is 53.0 Å². The minimum absolute atomic E-state index is 0.162. The molecule has 1 atom stereocenters. The van der Waals surface area contributed by atoms with Crippen LogP contribution < -0.4 is 20.3 Å². The summed E-state index contributed by atoms with van der Waals surface area (Å²) < 4.78 is 11.4. The van der Waals surface area contributed by atoms with Gasteiger partial charge in [-0.1, -0.05) is 12.1 Å². The number of carbonyl (C=O) groups is 1. The Bertz CT molecular complexity index is 838. The second-order valence-corrected chi connectivity index (χ2v) is 6.45. The van der Waals surface area contributed by atoms with Gasteiger partial charge in [-0.25, -0.2) is 0 Å². The molecule has 6 nitrogen and oxygen atoms in total. The van der Waals surface area contributed by atoms with Crippen LogP contribution in [0.2, 0.25) is 0 Å². The molecule has 0 aliphatic carbocycles. The number of rotatable bonds is 6. The van der Waals surface area contributed by atoms with E-state index in [4.69, 9.17) is 14.3 Å². The first-order valence-corrected chi connectivity index (χ1v) is 8.80. The molecule has 0 spiro atoms. The number of nitrogens with one attached hydrogen (secondary N) is 2. The number of hydrogen-bond acceptors (Lipinski definition) is 5. The van der Waals surface area contributed by atoms with Crippen molar-refractivity contribution in [2.75, 3.05) is 20.8 Å². The number of benzene rings is 2. The number of halogens is 1. The summed E-state index contributed by atoms with van der Waals surface area (Å²) in [5.74, 6) is 1.22. The molecule has 0 saturated heterocycles. The standard InChI is InChI=1S/C19H19BrN2O4/c1-24-12-7-8-15(18(10-12)25-2)17-9-13(26-22-17)11-21-19(23)14-5-3-4-6-16(14)20/h3-10,13,22H,11H2,1-2H3,(H,21,23)/t13-/m1/s1. The van der Waals surface area contributed by atoms with Crippen LogP contribution in [0.5, 0.6) is 11.5 Å². The summed E-state index contributed by atoms with van der Waals surface area (Å²) in [4.78, 5) is 17.8. The minimum Gasteiger partial charge on any atom is -0.497 e. The number of hydrogen-bond donors (Lipinski definition) is 2. The lowest BCUT2D eigenvalue weighted by Gasteiger charge is -2.11. The van der Waals surface area contributed by atoms with Gasteiger partial charge in [0.1, 0.15) is 17.6 Å². The van der Waals surface area contributed by atoms with Crippen LogP contribution in [0.1, 0.15) is 15.9 Å². The Morgan fingerprint density at radius 2 is 2.04 bits per heavy atom. The SMILES string of the molecule is COc1ccc(C2=C[C@H](CNC(=O)c3ccccc3Br)ON2)c(OC)c1. The molecular formula is C19H19BrN2O4. The van der Waals surface area contributed by atoms with Gasteiger partial charge >= 0.3 is 0 Å². The molecule has 2 N–H and O–H groups in total. The van der Waals surface area contributed by atoms with Gasteiger partial charge in [-0.2, -0.15) is 0 Å². The van der Waals surface area contributed by atoms with E-state index in [-0.39, 0.29) is 12.0 Å². The molecule has 1 aliphatic rings. The van der Waals surface area contributed by atoms with Gasteiger partial charge in [0, 0.05) is 16.1 Å². The van der Waals surface area contributed by atoms with Gasteiger partial charge in [0.15, 0.2) is 0 Å². The van der Waals surface area contributed by atoms with Crippen molar-refractivity contribution in [2.45, 2.75) is 6.10 Å². The quantitative estimate of drug-likeness (QED) is 0.753. The average molecular weight is 419 g/mol. The molecule has 26 heavy (non-hydrogen) atoms. The number of hydroxylamine groups is 1. The predicted octanol–water partition coefficient (Wildman–Crippen LogP) is 3.14. The van der Waals surface area contributed by atoms with Crippen molar-refractivity contribution in [3.8, 4) is 11.5 Å². The third kappa shape index (κ3) is 4.00. The zero-order chi connectivity index (χ0) is 18.5. The van der Waals surface area contributed by atoms with Gasteiger partial charge in [-0.05, 0) is 46.3 Å². The van der Waals surface area contributed by atoms with Crippen molar-refractivity contribution in [3.05, 3.63) is 64.1 Å². The van der Waals surface area contributed by atoms with E-state index in [1.165, 1.54) is 0 Å². The number of carbonyl (C=O) groups excluding carboxylic acids is 1. The number of methoxy groups -OCH3 is 2. The van der Waals surface area contributed by atoms with E-state index in [0.717, 1.165) is 15.7 Å². The molecule has 0 bridgehead atoms. The second kappa shape index (κ2) is 8.25. The molecule has 0 saturated carbocycles. The number of amides is 1. The summed E-state index contributed by atoms with van der Waals surface area (Å²) in [7, 11) is 3.21. The van der Waals surface area contributed by atoms with Crippen LogP contribution in [0.3, 0.4) is 0 Å². The maximum absolute atomic E-state index is 12.3. The van der Waals surface area contributed by atoms with E-state index in [0.29, 0.717) is 23.6 Å². The topological polar surface area (TPSA) is 68.8 Å². The van der Waals surface area contributed by atoms with Gasteiger partial charge in [-0.3, -0.25) is 15.1 Å². The molecule has 0 fully saturated rings. The Kier molecular flexibility index (Phi) is 5.80. The lowest BCUT2D eigenvalue weighted by atomic mass is 10.1. The lowest BCUT2D eigenvalue weighted by Crippen LogP contribution is -2.32.